The fourth-order valence-electron chi connectivity index (χ4n) is 2.87. The lowest BCUT2D eigenvalue weighted by Crippen LogP contribution is -2.50. The molecule has 1 aromatic heterocycles. The van der Waals surface area contributed by atoms with Gasteiger partial charge in [-0.05, 0) is 50.1 Å². The second kappa shape index (κ2) is 7.77. The molecular formula is C16H21Cl2N3O. The Balaban J connectivity index is 0.00000121. The lowest BCUT2D eigenvalue weighted by molar-refractivity contribution is -0.122. The molecule has 2 aromatic rings. The highest BCUT2D eigenvalue weighted by atomic mass is 35.5. The molecule has 22 heavy (non-hydrogen) atoms. The van der Waals surface area contributed by atoms with Gasteiger partial charge in [0.05, 0.1) is 11.1 Å². The maximum Gasteiger partial charge on any atom is 0.244 e. The van der Waals surface area contributed by atoms with Crippen LogP contribution in [-0.2, 0) is 4.79 Å². The molecule has 0 aliphatic carbocycles. The first-order chi connectivity index (χ1) is 9.73. The van der Waals surface area contributed by atoms with Crippen molar-refractivity contribution in [2.75, 3.05) is 11.9 Å². The minimum absolute atomic E-state index is 0. The van der Waals surface area contributed by atoms with E-state index in [9.17, 15) is 4.79 Å². The van der Waals surface area contributed by atoms with Crippen molar-refractivity contribution in [2.45, 2.75) is 31.7 Å². The summed E-state index contributed by atoms with van der Waals surface area (Å²) in [7, 11) is 0. The number of fused-ring (bicyclic) bond motifs is 1. The number of pyridine rings is 1. The van der Waals surface area contributed by atoms with Crippen LogP contribution in [0.15, 0.2) is 36.5 Å². The summed E-state index contributed by atoms with van der Waals surface area (Å²) < 4.78 is 0. The zero-order valence-electron chi connectivity index (χ0n) is 12.5. The predicted molar refractivity (Wildman–Crippen MR) is 95.1 cm³/mol. The maximum absolute atomic E-state index is 12.5. The normalized spacial score (nSPS) is 20.0. The van der Waals surface area contributed by atoms with Gasteiger partial charge in [0.25, 0.3) is 0 Å². The van der Waals surface area contributed by atoms with Crippen LogP contribution in [0.3, 0.4) is 0 Å². The molecule has 1 unspecified atom stereocenters. The number of aromatic nitrogens is 1. The lowest BCUT2D eigenvalue weighted by Gasteiger charge is -2.26. The number of hydrogen-bond acceptors (Lipinski definition) is 3. The Morgan fingerprint density at radius 3 is 2.86 bits per heavy atom. The molecule has 0 saturated carbocycles. The van der Waals surface area contributed by atoms with E-state index in [1.165, 1.54) is 0 Å². The van der Waals surface area contributed by atoms with Crippen molar-refractivity contribution >= 4 is 47.3 Å². The molecule has 1 atom stereocenters. The fraction of sp³-hybridized carbons (Fsp3) is 0.375. The molecule has 2 heterocycles. The summed E-state index contributed by atoms with van der Waals surface area (Å²) in [6, 6.07) is 9.72. The molecule has 1 saturated heterocycles. The van der Waals surface area contributed by atoms with Crippen molar-refractivity contribution in [2.24, 2.45) is 0 Å². The van der Waals surface area contributed by atoms with Crippen molar-refractivity contribution in [1.82, 2.24) is 10.3 Å². The van der Waals surface area contributed by atoms with Crippen LogP contribution in [0.1, 0.15) is 26.2 Å². The first-order valence-electron chi connectivity index (χ1n) is 7.15. The van der Waals surface area contributed by atoms with Crippen LogP contribution in [0.4, 0.5) is 5.69 Å². The highest BCUT2D eigenvalue weighted by Crippen LogP contribution is 2.25. The van der Waals surface area contributed by atoms with Crippen LogP contribution in [-0.4, -0.2) is 23.0 Å². The van der Waals surface area contributed by atoms with Crippen molar-refractivity contribution < 1.29 is 4.79 Å². The van der Waals surface area contributed by atoms with E-state index in [0.717, 1.165) is 42.4 Å². The van der Waals surface area contributed by atoms with Gasteiger partial charge in [-0.15, -0.1) is 24.8 Å². The van der Waals surface area contributed by atoms with Gasteiger partial charge in [0, 0.05) is 17.3 Å². The second-order valence-electron chi connectivity index (χ2n) is 5.33. The number of halogens is 2. The standard InChI is InChI=1S/C16H19N3O.2ClH/c1-2-16(8-4-10-18-16)15(20)19-13-6-7-14-12(11-13)5-3-9-17-14;;/h3,5-7,9,11,18H,2,4,8,10H2,1H3,(H,19,20);2*1H. The molecule has 0 radical (unpaired) electrons. The molecule has 1 amide bonds. The van der Waals surface area contributed by atoms with Gasteiger partial charge in [0.2, 0.25) is 5.91 Å². The van der Waals surface area contributed by atoms with Crippen LogP contribution in [0.2, 0.25) is 0 Å². The SMILES string of the molecule is CCC1(C(=O)Nc2ccc3ncccc3c2)CCCN1.Cl.Cl. The van der Waals surface area contributed by atoms with E-state index in [0.29, 0.717) is 0 Å². The van der Waals surface area contributed by atoms with Gasteiger partial charge in [0.15, 0.2) is 0 Å². The number of benzene rings is 1. The molecule has 120 valence electrons. The summed E-state index contributed by atoms with van der Waals surface area (Å²) in [6.07, 6.45) is 4.55. The van der Waals surface area contributed by atoms with Gasteiger partial charge < -0.3 is 10.6 Å². The summed E-state index contributed by atoms with van der Waals surface area (Å²) in [5.41, 5.74) is 1.37. The van der Waals surface area contributed by atoms with Crippen molar-refractivity contribution in [1.29, 1.82) is 0 Å². The first kappa shape index (κ1) is 18.7. The Bertz CT molecular complexity index is 642. The van der Waals surface area contributed by atoms with Crippen LogP contribution in [0, 0.1) is 0 Å². The average Bonchev–Trinajstić information content (AvgIpc) is 2.97. The Hall–Kier alpha value is -1.36. The van der Waals surface area contributed by atoms with E-state index >= 15 is 0 Å². The molecular weight excluding hydrogens is 321 g/mol. The molecule has 3 rings (SSSR count). The third kappa shape index (κ3) is 3.51. The highest BCUT2D eigenvalue weighted by molar-refractivity contribution is 5.99. The zero-order chi connectivity index (χ0) is 14.0. The molecule has 0 bridgehead atoms. The van der Waals surface area contributed by atoms with Gasteiger partial charge in [-0.1, -0.05) is 13.0 Å². The van der Waals surface area contributed by atoms with Gasteiger partial charge in [0.1, 0.15) is 0 Å². The van der Waals surface area contributed by atoms with Crippen molar-refractivity contribution in [3.63, 3.8) is 0 Å². The molecule has 1 aromatic carbocycles. The topological polar surface area (TPSA) is 54.0 Å². The monoisotopic (exact) mass is 341 g/mol. The molecule has 6 heteroatoms. The number of rotatable bonds is 3. The largest absolute Gasteiger partial charge is 0.324 e. The second-order valence-corrected chi connectivity index (χ2v) is 5.33. The Kier molecular flexibility index (Phi) is 6.60. The van der Waals surface area contributed by atoms with E-state index in [2.05, 4.69) is 22.5 Å². The summed E-state index contributed by atoms with van der Waals surface area (Å²) in [4.78, 5) is 16.8. The minimum Gasteiger partial charge on any atom is -0.324 e. The maximum atomic E-state index is 12.5. The van der Waals surface area contributed by atoms with Gasteiger partial charge in [-0.25, -0.2) is 0 Å². The third-order valence-electron chi connectivity index (χ3n) is 4.14. The van der Waals surface area contributed by atoms with Crippen molar-refractivity contribution in [3.05, 3.63) is 36.5 Å². The quantitative estimate of drug-likeness (QED) is 0.897. The highest BCUT2D eigenvalue weighted by Gasteiger charge is 2.38. The van der Waals surface area contributed by atoms with E-state index in [1.807, 2.05) is 30.3 Å². The van der Waals surface area contributed by atoms with E-state index < -0.39 is 5.54 Å². The van der Waals surface area contributed by atoms with E-state index in [-0.39, 0.29) is 30.7 Å². The number of hydrogen-bond donors (Lipinski definition) is 2. The predicted octanol–water partition coefficient (Wildman–Crippen LogP) is 3.55. The summed E-state index contributed by atoms with van der Waals surface area (Å²) in [5, 5.41) is 7.43. The third-order valence-corrected chi connectivity index (χ3v) is 4.14. The van der Waals surface area contributed by atoms with Crippen molar-refractivity contribution in [3.8, 4) is 0 Å². The first-order valence-corrected chi connectivity index (χ1v) is 7.15. The molecule has 0 spiro atoms. The zero-order valence-corrected chi connectivity index (χ0v) is 14.1. The number of amides is 1. The van der Waals surface area contributed by atoms with Crippen LogP contribution in [0.25, 0.3) is 10.9 Å². The fourth-order valence-corrected chi connectivity index (χ4v) is 2.87. The molecule has 4 nitrogen and oxygen atoms in total. The van der Waals surface area contributed by atoms with Gasteiger partial charge in [-0.3, -0.25) is 9.78 Å². The summed E-state index contributed by atoms with van der Waals surface area (Å²) in [6.45, 7) is 2.98. The molecule has 1 fully saturated rings. The van der Waals surface area contributed by atoms with Gasteiger partial charge in [-0.2, -0.15) is 0 Å². The smallest absolute Gasteiger partial charge is 0.244 e. The molecule has 1 aliphatic rings. The summed E-state index contributed by atoms with van der Waals surface area (Å²) in [5.74, 6) is 0.0701. The van der Waals surface area contributed by atoms with E-state index in [4.69, 9.17) is 0 Å². The lowest BCUT2D eigenvalue weighted by atomic mass is 9.93. The molecule has 2 N–H and O–H groups in total. The van der Waals surface area contributed by atoms with Gasteiger partial charge >= 0.3 is 0 Å². The Morgan fingerprint density at radius 2 is 2.18 bits per heavy atom. The summed E-state index contributed by atoms with van der Waals surface area (Å²) >= 11 is 0. The number of carbonyl (C=O) groups is 1. The Labute approximate surface area is 142 Å². The number of anilines is 1. The van der Waals surface area contributed by atoms with E-state index in [1.54, 1.807) is 6.20 Å². The average molecular weight is 342 g/mol. The molecule has 1 aliphatic heterocycles. The number of nitrogens with one attached hydrogen (secondary N) is 2. The van der Waals surface area contributed by atoms with Crippen LogP contribution < -0.4 is 10.6 Å². The van der Waals surface area contributed by atoms with Crippen LogP contribution >= 0.6 is 24.8 Å². The Morgan fingerprint density at radius 1 is 1.36 bits per heavy atom. The number of carbonyl (C=O) groups excluding carboxylic acids is 1. The number of nitrogens with zero attached hydrogens (tertiary/aromatic N) is 1. The van der Waals surface area contributed by atoms with Crippen LogP contribution in [0.5, 0.6) is 0 Å². The minimum atomic E-state index is -0.399.